The van der Waals surface area contributed by atoms with Gasteiger partial charge in [-0.25, -0.2) is 4.98 Å². The standard InChI is InChI=1S/C21H14ClIN2O3/c1-27-18-7-5-13(22)10-16(18)20(26)24-15-6-8-19-17(11-15)25-21(28-19)12-3-2-4-14(23)9-12/h2-11H,1H3,(H,24,26). The van der Waals surface area contributed by atoms with Crippen molar-refractivity contribution in [2.75, 3.05) is 12.4 Å². The number of nitrogens with one attached hydrogen (secondary N) is 1. The minimum Gasteiger partial charge on any atom is -0.496 e. The molecular weight excluding hydrogens is 491 g/mol. The van der Waals surface area contributed by atoms with E-state index in [1.54, 1.807) is 36.4 Å². The van der Waals surface area contributed by atoms with Crippen LogP contribution in [-0.2, 0) is 0 Å². The minimum absolute atomic E-state index is 0.319. The molecule has 0 radical (unpaired) electrons. The van der Waals surface area contributed by atoms with E-state index < -0.39 is 0 Å². The second-order valence-electron chi connectivity index (χ2n) is 6.01. The zero-order valence-corrected chi connectivity index (χ0v) is 17.6. The number of methoxy groups -OCH3 is 1. The number of carbonyl (C=O) groups is 1. The molecule has 0 unspecified atom stereocenters. The largest absolute Gasteiger partial charge is 0.496 e. The molecule has 4 rings (SSSR count). The molecule has 0 aliphatic rings. The van der Waals surface area contributed by atoms with Crippen molar-refractivity contribution < 1.29 is 13.9 Å². The molecule has 5 nitrogen and oxygen atoms in total. The molecule has 3 aromatic carbocycles. The van der Waals surface area contributed by atoms with E-state index >= 15 is 0 Å². The monoisotopic (exact) mass is 504 g/mol. The molecule has 0 saturated heterocycles. The van der Waals surface area contributed by atoms with E-state index in [4.69, 9.17) is 20.8 Å². The predicted molar refractivity (Wildman–Crippen MR) is 118 cm³/mol. The Morgan fingerprint density at radius 1 is 1.14 bits per heavy atom. The number of aromatic nitrogens is 1. The lowest BCUT2D eigenvalue weighted by molar-refractivity contribution is 0.102. The Kier molecular flexibility index (Phi) is 5.23. The maximum absolute atomic E-state index is 12.7. The smallest absolute Gasteiger partial charge is 0.259 e. The topological polar surface area (TPSA) is 64.4 Å². The van der Waals surface area contributed by atoms with Crippen LogP contribution in [-0.4, -0.2) is 18.0 Å². The molecule has 7 heteroatoms. The summed E-state index contributed by atoms with van der Waals surface area (Å²) >= 11 is 8.26. The zero-order valence-electron chi connectivity index (χ0n) is 14.7. The van der Waals surface area contributed by atoms with Crippen LogP contribution >= 0.6 is 34.2 Å². The number of hydrogen-bond donors (Lipinski definition) is 1. The average molecular weight is 505 g/mol. The van der Waals surface area contributed by atoms with Gasteiger partial charge in [-0.2, -0.15) is 0 Å². The van der Waals surface area contributed by atoms with E-state index in [1.165, 1.54) is 7.11 Å². The third-order valence-corrected chi connectivity index (χ3v) is 5.03. The number of rotatable bonds is 4. The number of fused-ring (bicyclic) bond motifs is 1. The first-order valence-electron chi connectivity index (χ1n) is 8.35. The molecule has 28 heavy (non-hydrogen) atoms. The van der Waals surface area contributed by atoms with Crippen LogP contribution in [0.5, 0.6) is 5.75 Å². The Balaban J connectivity index is 1.63. The van der Waals surface area contributed by atoms with Crippen molar-refractivity contribution in [1.29, 1.82) is 0 Å². The maximum Gasteiger partial charge on any atom is 0.259 e. The highest BCUT2D eigenvalue weighted by molar-refractivity contribution is 14.1. The van der Waals surface area contributed by atoms with Crippen LogP contribution in [0.4, 0.5) is 5.69 Å². The normalized spacial score (nSPS) is 10.8. The van der Waals surface area contributed by atoms with Gasteiger partial charge in [0.15, 0.2) is 5.58 Å². The number of hydrogen-bond acceptors (Lipinski definition) is 4. The SMILES string of the molecule is COc1ccc(Cl)cc1C(=O)Nc1ccc2oc(-c3cccc(I)c3)nc2c1. The van der Waals surface area contributed by atoms with Crippen molar-refractivity contribution in [2.24, 2.45) is 0 Å². The summed E-state index contributed by atoms with van der Waals surface area (Å²) in [6.07, 6.45) is 0. The van der Waals surface area contributed by atoms with Crippen molar-refractivity contribution in [3.05, 3.63) is 74.8 Å². The van der Waals surface area contributed by atoms with E-state index in [2.05, 4.69) is 32.9 Å². The van der Waals surface area contributed by atoms with E-state index in [0.29, 0.717) is 39.0 Å². The van der Waals surface area contributed by atoms with Gasteiger partial charge in [0.1, 0.15) is 11.3 Å². The fraction of sp³-hybridized carbons (Fsp3) is 0.0476. The second-order valence-corrected chi connectivity index (χ2v) is 7.69. The molecule has 0 bridgehead atoms. The number of benzene rings is 3. The first-order chi connectivity index (χ1) is 13.5. The van der Waals surface area contributed by atoms with Crippen molar-refractivity contribution in [3.63, 3.8) is 0 Å². The summed E-state index contributed by atoms with van der Waals surface area (Å²) in [4.78, 5) is 17.2. The molecule has 0 fully saturated rings. The Labute approximate surface area is 179 Å². The lowest BCUT2D eigenvalue weighted by atomic mass is 10.1. The molecule has 1 heterocycles. The summed E-state index contributed by atoms with van der Waals surface area (Å²) in [5, 5.41) is 3.31. The number of amides is 1. The number of halogens is 2. The van der Waals surface area contributed by atoms with Crippen LogP contribution in [0.2, 0.25) is 5.02 Å². The number of oxazole rings is 1. The Morgan fingerprint density at radius 3 is 2.79 bits per heavy atom. The van der Waals surface area contributed by atoms with Crippen LogP contribution in [0.3, 0.4) is 0 Å². The van der Waals surface area contributed by atoms with Gasteiger partial charge in [0.25, 0.3) is 5.91 Å². The lowest BCUT2D eigenvalue weighted by Crippen LogP contribution is -2.13. The van der Waals surface area contributed by atoms with Crippen LogP contribution in [0, 0.1) is 3.57 Å². The van der Waals surface area contributed by atoms with Gasteiger partial charge >= 0.3 is 0 Å². The van der Waals surface area contributed by atoms with E-state index in [9.17, 15) is 4.79 Å². The summed E-state index contributed by atoms with van der Waals surface area (Å²) < 4.78 is 12.2. The number of anilines is 1. The summed E-state index contributed by atoms with van der Waals surface area (Å²) in [5.74, 6) is 0.666. The van der Waals surface area contributed by atoms with Gasteiger partial charge in [-0.1, -0.05) is 17.7 Å². The quantitative estimate of drug-likeness (QED) is 0.346. The molecule has 0 saturated carbocycles. The van der Waals surface area contributed by atoms with Gasteiger partial charge in [0.05, 0.1) is 12.7 Å². The molecule has 0 aliphatic carbocycles. The van der Waals surface area contributed by atoms with E-state index in [1.807, 2.05) is 24.3 Å². The molecule has 0 spiro atoms. The molecule has 140 valence electrons. The number of nitrogens with zero attached hydrogens (tertiary/aromatic N) is 1. The van der Waals surface area contributed by atoms with Crippen molar-refractivity contribution in [1.82, 2.24) is 4.98 Å². The molecular formula is C21H14ClIN2O3. The second kappa shape index (κ2) is 7.81. The number of ether oxygens (including phenoxy) is 1. The van der Waals surface area contributed by atoms with Crippen molar-refractivity contribution in [3.8, 4) is 17.2 Å². The molecule has 1 N–H and O–H groups in total. The highest BCUT2D eigenvalue weighted by Gasteiger charge is 2.15. The van der Waals surface area contributed by atoms with Gasteiger partial charge in [-0.05, 0) is 77.2 Å². The molecule has 4 aromatic rings. The van der Waals surface area contributed by atoms with Crippen molar-refractivity contribution in [2.45, 2.75) is 0 Å². The summed E-state index contributed by atoms with van der Waals surface area (Å²) in [6, 6.07) is 18.1. The molecule has 1 amide bonds. The van der Waals surface area contributed by atoms with Crippen LogP contribution in [0.1, 0.15) is 10.4 Å². The van der Waals surface area contributed by atoms with Crippen molar-refractivity contribution >= 4 is 56.9 Å². The first-order valence-corrected chi connectivity index (χ1v) is 9.80. The van der Waals surface area contributed by atoms with Gasteiger partial charge in [-0.3, -0.25) is 4.79 Å². The molecule has 1 aromatic heterocycles. The fourth-order valence-electron chi connectivity index (χ4n) is 2.81. The van der Waals surface area contributed by atoms with Gasteiger partial charge in [0.2, 0.25) is 5.89 Å². The predicted octanol–water partition coefficient (Wildman–Crippen LogP) is 6.01. The fourth-order valence-corrected chi connectivity index (χ4v) is 3.52. The van der Waals surface area contributed by atoms with Gasteiger partial charge in [0, 0.05) is 19.8 Å². The Bertz CT molecular complexity index is 1190. The minimum atomic E-state index is -0.319. The highest BCUT2D eigenvalue weighted by Crippen LogP contribution is 2.28. The highest BCUT2D eigenvalue weighted by atomic mass is 127. The Morgan fingerprint density at radius 2 is 2.00 bits per heavy atom. The summed E-state index contributed by atoms with van der Waals surface area (Å²) in [7, 11) is 1.51. The molecule has 0 aliphatic heterocycles. The summed E-state index contributed by atoms with van der Waals surface area (Å²) in [5.41, 5.74) is 3.16. The average Bonchev–Trinajstić information content (AvgIpc) is 3.11. The Hall–Kier alpha value is -2.58. The van der Waals surface area contributed by atoms with E-state index in [-0.39, 0.29) is 5.91 Å². The van der Waals surface area contributed by atoms with E-state index in [0.717, 1.165) is 9.13 Å². The molecule has 0 atom stereocenters. The number of carbonyl (C=O) groups excluding carboxylic acids is 1. The van der Waals surface area contributed by atoms with Gasteiger partial charge < -0.3 is 14.5 Å². The zero-order chi connectivity index (χ0) is 19.7. The van der Waals surface area contributed by atoms with Crippen LogP contribution in [0.25, 0.3) is 22.6 Å². The summed E-state index contributed by atoms with van der Waals surface area (Å²) in [6.45, 7) is 0. The van der Waals surface area contributed by atoms with Crippen LogP contribution < -0.4 is 10.1 Å². The van der Waals surface area contributed by atoms with Crippen LogP contribution in [0.15, 0.2) is 65.1 Å². The maximum atomic E-state index is 12.7. The lowest BCUT2D eigenvalue weighted by Gasteiger charge is -2.09. The first kappa shape index (κ1) is 18.8. The third-order valence-electron chi connectivity index (χ3n) is 4.12. The third kappa shape index (κ3) is 3.83. The van der Waals surface area contributed by atoms with Gasteiger partial charge in [-0.15, -0.1) is 0 Å².